The average Bonchev–Trinajstić information content (AvgIpc) is 3.33. The Balaban J connectivity index is 1.47. The molecule has 19 heteroatoms. The largest absolute Gasteiger partial charge is 0.477 e. The van der Waals surface area contributed by atoms with Gasteiger partial charge in [-0.2, -0.15) is 21.1 Å². The van der Waals surface area contributed by atoms with Crippen LogP contribution in [-0.2, 0) is 20.1 Å². The molecule has 0 aromatic carbocycles. The number of nitrogens with two attached hydrogens (primary N) is 3. The molecule has 1 unspecified atom stereocenters. The number of pyridine rings is 1. The predicted molar refractivity (Wildman–Crippen MR) is 149 cm³/mol. The molecule has 0 spiro atoms. The number of oxime groups is 1. The monoisotopic (exact) mass is 610 g/mol. The second-order valence-electron chi connectivity index (χ2n) is 7.75. The van der Waals surface area contributed by atoms with E-state index in [-0.39, 0.29) is 28.4 Å². The van der Waals surface area contributed by atoms with Gasteiger partial charge < -0.3 is 32.8 Å². The first kappa shape index (κ1) is 28.5. The number of guanidine groups is 1. The van der Waals surface area contributed by atoms with Crippen LogP contribution in [0.3, 0.4) is 0 Å². The summed E-state index contributed by atoms with van der Waals surface area (Å²) in [5.74, 6) is -1.43. The van der Waals surface area contributed by atoms with E-state index in [4.69, 9.17) is 17.2 Å². The molecule has 1 saturated heterocycles. The fraction of sp³-hybridized carbons (Fsp3) is 0.300. The molecular weight excluding hydrogens is 589 g/mol. The lowest BCUT2D eigenvalue weighted by atomic mass is 10.0. The van der Waals surface area contributed by atoms with Crippen molar-refractivity contribution in [1.29, 1.82) is 0 Å². The highest BCUT2D eigenvalue weighted by atomic mass is 32.2. The fourth-order valence-corrected chi connectivity index (χ4v) is 7.45. The number of aromatic nitrogens is 3. The molecule has 1 fully saturated rings. The van der Waals surface area contributed by atoms with Crippen LogP contribution in [0.15, 0.2) is 44.0 Å². The minimum Gasteiger partial charge on any atom is -0.477 e. The Labute approximate surface area is 237 Å². The molecule has 2 aliphatic heterocycles. The van der Waals surface area contributed by atoms with Crippen LogP contribution < -0.4 is 22.5 Å². The molecule has 2 aromatic heterocycles. The summed E-state index contributed by atoms with van der Waals surface area (Å²) < 4.78 is 3.83. The summed E-state index contributed by atoms with van der Waals surface area (Å²) in [6.07, 6.45) is 1.65. The third-order valence-corrected chi connectivity index (χ3v) is 9.37. The van der Waals surface area contributed by atoms with Crippen LogP contribution >= 0.6 is 46.8 Å². The Hall–Kier alpha value is -3.55. The van der Waals surface area contributed by atoms with Crippen LogP contribution in [0.1, 0.15) is 11.5 Å². The minimum absolute atomic E-state index is 0.0249. The van der Waals surface area contributed by atoms with Gasteiger partial charge in [0.1, 0.15) is 17.1 Å². The Morgan fingerprint density at radius 1 is 1.33 bits per heavy atom. The molecule has 2 atom stereocenters. The van der Waals surface area contributed by atoms with Gasteiger partial charge in [-0.15, -0.1) is 11.8 Å². The first-order valence-corrected chi connectivity index (χ1v) is 14.8. The number of aliphatic carboxylic acids is 1. The quantitative estimate of drug-likeness (QED) is 0.0477. The number of carbonyl (C=O) groups is 3. The van der Waals surface area contributed by atoms with Gasteiger partial charge in [-0.3, -0.25) is 24.5 Å². The van der Waals surface area contributed by atoms with Gasteiger partial charge in [-0.05, 0) is 12.1 Å². The molecule has 15 nitrogen and oxygen atoms in total. The molecule has 39 heavy (non-hydrogen) atoms. The molecule has 4 rings (SSSR count). The zero-order chi connectivity index (χ0) is 28.1. The van der Waals surface area contributed by atoms with E-state index in [2.05, 4.69) is 29.8 Å². The summed E-state index contributed by atoms with van der Waals surface area (Å²) in [7, 11) is 0. The van der Waals surface area contributed by atoms with E-state index in [1.165, 1.54) is 23.5 Å². The van der Waals surface area contributed by atoms with Crippen molar-refractivity contribution in [2.24, 2.45) is 21.6 Å². The van der Waals surface area contributed by atoms with Gasteiger partial charge in [-0.1, -0.05) is 16.9 Å². The summed E-state index contributed by atoms with van der Waals surface area (Å²) in [4.78, 5) is 52.5. The molecule has 4 heterocycles. The van der Waals surface area contributed by atoms with E-state index in [0.717, 1.165) is 27.0 Å². The number of carboxylic acid groups (broad SMARTS) is 1. The summed E-state index contributed by atoms with van der Waals surface area (Å²) in [5, 5.41) is 24.1. The first-order valence-electron chi connectivity index (χ1n) is 11.0. The summed E-state index contributed by atoms with van der Waals surface area (Å²) in [5.41, 5.74) is 16.3. The van der Waals surface area contributed by atoms with Crippen LogP contribution in [-0.4, -0.2) is 88.5 Å². The first-order chi connectivity index (χ1) is 18.7. The number of carbonyl (C=O) groups excluding carboxylic acids is 2. The number of nitrogens with zero attached hydrogens (tertiary/aromatic N) is 6. The number of fused-ring (bicyclic) bond motifs is 1. The zero-order valence-electron chi connectivity index (χ0n) is 19.9. The molecule has 9 N–H and O–H groups in total. The Morgan fingerprint density at radius 2 is 2.13 bits per heavy atom. The van der Waals surface area contributed by atoms with Gasteiger partial charge in [0.25, 0.3) is 11.8 Å². The predicted octanol–water partition coefficient (Wildman–Crippen LogP) is -0.311. The molecule has 2 amide bonds. The fourth-order valence-electron chi connectivity index (χ4n) is 3.57. The van der Waals surface area contributed by atoms with Crippen LogP contribution in [0.4, 0.5) is 5.13 Å². The van der Waals surface area contributed by atoms with E-state index in [9.17, 15) is 24.7 Å². The van der Waals surface area contributed by atoms with Crippen molar-refractivity contribution >= 4 is 81.4 Å². The van der Waals surface area contributed by atoms with Gasteiger partial charge >= 0.3 is 5.97 Å². The second-order valence-corrected chi connectivity index (χ2v) is 11.9. The van der Waals surface area contributed by atoms with Crippen LogP contribution in [0, 0.1) is 0 Å². The SMILES string of the molecule is NC(N)=NCCSCc1ncccc1SC1=C(C(=O)O)N2C(=O)[C@@H](NC(=O)/C(=N\O)c3nsc(N)n3)C2SC1. The Kier molecular flexibility index (Phi) is 9.15. The van der Waals surface area contributed by atoms with Crippen molar-refractivity contribution in [1.82, 2.24) is 24.6 Å². The number of hydrogen-bond acceptors (Lipinski definition) is 14. The molecule has 0 bridgehead atoms. The molecule has 0 radical (unpaired) electrons. The number of aliphatic imine (C=N–C) groups is 1. The van der Waals surface area contributed by atoms with E-state index in [0.29, 0.717) is 23.0 Å². The highest BCUT2D eigenvalue weighted by Crippen LogP contribution is 2.45. The normalized spacial score (nSPS) is 18.8. The maximum Gasteiger partial charge on any atom is 0.353 e. The topological polar surface area (TPSA) is 248 Å². The minimum atomic E-state index is -1.27. The van der Waals surface area contributed by atoms with Gasteiger partial charge in [0.05, 0.1) is 12.2 Å². The number of carboxylic acids is 1. The number of amides is 2. The van der Waals surface area contributed by atoms with Crippen LogP contribution in [0.2, 0.25) is 0 Å². The Morgan fingerprint density at radius 3 is 2.79 bits per heavy atom. The number of anilines is 1. The number of thioether (sulfide) groups is 3. The molecule has 0 aliphatic carbocycles. The summed E-state index contributed by atoms with van der Waals surface area (Å²) in [6.45, 7) is 0.462. The standard InChI is InChI=1S/C20H22N10O5S4/c21-19(22)25-4-5-36-6-8-9(2-1-3-24-8)38-10-7-37-17-12(16(32)30(17)13(10)18(33)34)26-15(31)11(28-35)14-27-20(23)39-29-14/h1-3,12,17,35H,4-7H2,(H,26,31)(H,33,34)(H4,21,22,25)(H2,23,27,29)/b28-11-/t12-,17?/m1/s1. The smallest absolute Gasteiger partial charge is 0.353 e. The lowest BCUT2D eigenvalue weighted by Gasteiger charge is -2.49. The van der Waals surface area contributed by atoms with Crippen molar-refractivity contribution in [3.8, 4) is 0 Å². The maximum atomic E-state index is 13.0. The van der Waals surface area contributed by atoms with Crippen molar-refractivity contribution in [3.63, 3.8) is 0 Å². The third-order valence-electron chi connectivity index (χ3n) is 5.24. The van der Waals surface area contributed by atoms with E-state index >= 15 is 0 Å². The van der Waals surface area contributed by atoms with E-state index < -0.39 is 34.9 Å². The Bertz CT molecular complexity index is 1380. The number of hydrogen-bond donors (Lipinski definition) is 6. The highest BCUT2D eigenvalue weighted by molar-refractivity contribution is 8.06. The molecule has 206 valence electrons. The van der Waals surface area contributed by atoms with Gasteiger partial charge in [0.2, 0.25) is 11.5 Å². The van der Waals surface area contributed by atoms with Gasteiger partial charge in [-0.25, -0.2) is 4.79 Å². The zero-order valence-corrected chi connectivity index (χ0v) is 23.1. The molecule has 2 aliphatic rings. The highest BCUT2D eigenvalue weighted by Gasteiger charge is 2.54. The molecule has 2 aromatic rings. The third kappa shape index (κ3) is 6.37. The second kappa shape index (κ2) is 12.5. The van der Waals surface area contributed by atoms with Crippen molar-refractivity contribution in [3.05, 3.63) is 40.5 Å². The lowest BCUT2D eigenvalue weighted by Crippen LogP contribution is -2.71. The van der Waals surface area contributed by atoms with Crippen molar-refractivity contribution in [2.75, 3.05) is 23.8 Å². The lowest BCUT2D eigenvalue weighted by molar-refractivity contribution is -0.150. The molecule has 0 saturated carbocycles. The van der Waals surface area contributed by atoms with Crippen LogP contribution in [0.5, 0.6) is 0 Å². The number of β-lactam (4-membered cyclic amide) rings is 1. The number of nitrogen functional groups attached to an aromatic ring is 1. The van der Waals surface area contributed by atoms with Crippen molar-refractivity contribution < 1.29 is 24.7 Å². The van der Waals surface area contributed by atoms with Gasteiger partial charge in [0, 0.05) is 44.8 Å². The number of nitrogens with one attached hydrogen (secondary N) is 1. The summed E-state index contributed by atoms with van der Waals surface area (Å²) in [6, 6.07) is 2.55. The average molecular weight is 611 g/mol. The van der Waals surface area contributed by atoms with E-state index in [1.54, 1.807) is 24.0 Å². The molecular formula is C20H22N10O5S4. The van der Waals surface area contributed by atoms with Crippen LogP contribution in [0.25, 0.3) is 0 Å². The maximum absolute atomic E-state index is 13.0. The number of rotatable bonds is 11. The van der Waals surface area contributed by atoms with Crippen molar-refractivity contribution in [2.45, 2.75) is 22.1 Å². The van der Waals surface area contributed by atoms with E-state index in [1.807, 2.05) is 6.07 Å². The summed E-state index contributed by atoms with van der Waals surface area (Å²) >= 11 is 4.92. The van der Waals surface area contributed by atoms with Gasteiger partial charge in [0.15, 0.2) is 11.1 Å².